The largest absolute Gasteiger partial charge is 0.493 e. The summed E-state index contributed by atoms with van der Waals surface area (Å²) in [6.07, 6.45) is 1.76. The highest BCUT2D eigenvalue weighted by Crippen LogP contribution is 2.29. The Bertz CT molecular complexity index is 1080. The van der Waals surface area contributed by atoms with Crippen molar-refractivity contribution in [2.45, 2.75) is 32.8 Å². The SMILES string of the molecule is COc1cc(C(=O)NNC(=O)CCc2ncc(-c3ccc(F)cc3)o2)ccc1OC(C)C. The summed E-state index contributed by atoms with van der Waals surface area (Å²) in [7, 11) is 1.48. The molecule has 0 aliphatic rings. The van der Waals surface area contributed by atoms with Crippen molar-refractivity contribution in [3.63, 3.8) is 0 Å². The molecule has 3 rings (SSSR count). The number of hydrogen-bond acceptors (Lipinski definition) is 6. The maximum Gasteiger partial charge on any atom is 0.269 e. The van der Waals surface area contributed by atoms with Crippen LogP contribution in [-0.4, -0.2) is 30.0 Å². The van der Waals surface area contributed by atoms with Crippen LogP contribution in [0.15, 0.2) is 53.1 Å². The van der Waals surface area contributed by atoms with Crippen molar-refractivity contribution in [1.82, 2.24) is 15.8 Å². The van der Waals surface area contributed by atoms with Crippen LogP contribution >= 0.6 is 0 Å². The fourth-order valence-corrected chi connectivity index (χ4v) is 2.82. The first-order chi connectivity index (χ1) is 15.4. The van der Waals surface area contributed by atoms with E-state index < -0.39 is 11.8 Å². The van der Waals surface area contributed by atoms with Crippen molar-refractivity contribution in [1.29, 1.82) is 0 Å². The van der Waals surface area contributed by atoms with Crippen molar-refractivity contribution in [2.24, 2.45) is 0 Å². The summed E-state index contributed by atoms with van der Waals surface area (Å²) >= 11 is 0. The van der Waals surface area contributed by atoms with Gasteiger partial charge in [-0.25, -0.2) is 9.37 Å². The topological polar surface area (TPSA) is 103 Å². The number of carbonyl (C=O) groups is 2. The molecule has 32 heavy (non-hydrogen) atoms. The average Bonchev–Trinajstić information content (AvgIpc) is 3.25. The fourth-order valence-electron chi connectivity index (χ4n) is 2.82. The van der Waals surface area contributed by atoms with Gasteiger partial charge in [0, 0.05) is 24.0 Å². The lowest BCUT2D eigenvalue weighted by Gasteiger charge is -2.14. The first-order valence-electron chi connectivity index (χ1n) is 10.00. The number of hydrogen-bond donors (Lipinski definition) is 2. The second-order valence-electron chi connectivity index (χ2n) is 7.16. The third kappa shape index (κ3) is 6.07. The number of rotatable bonds is 8. The van der Waals surface area contributed by atoms with E-state index in [2.05, 4.69) is 15.8 Å². The number of carbonyl (C=O) groups excluding carboxylic acids is 2. The Balaban J connectivity index is 1.50. The summed E-state index contributed by atoms with van der Waals surface area (Å²) in [6.45, 7) is 3.77. The molecule has 168 valence electrons. The number of amides is 2. The smallest absolute Gasteiger partial charge is 0.269 e. The first kappa shape index (κ1) is 22.8. The van der Waals surface area contributed by atoms with E-state index in [1.165, 1.54) is 31.5 Å². The molecule has 0 aliphatic heterocycles. The highest BCUT2D eigenvalue weighted by atomic mass is 19.1. The van der Waals surface area contributed by atoms with E-state index in [1.807, 2.05) is 13.8 Å². The Morgan fingerprint density at radius 2 is 1.84 bits per heavy atom. The molecule has 2 N–H and O–H groups in total. The molecule has 0 saturated heterocycles. The lowest BCUT2D eigenvalue weighted by Crippen LogP contribution is -2.41. The minimum Gasteiger partial charge on any atom is -0.493 e. The minimum absolute atomic E-state index is 0.0433. The maximum absolute atomic E-state index is 13.0. The van der Waals surface area contributed by atoms with Gasteiger partial charge >= 0.3 is 0 Å². The van der Waals surface area contributed by atoms with Crippen molar-refractivity contribution in [2.75, 3.05) is 7.11 Å². The zero-order chi connectivity index (χ0) is 23.1. The van der Waals surface area contributed by atoms with Crippen LogP contribution in [0.4, 0.5) is 4.39 Å². The van der Waals surface area contributed by atoms with Crippen molar-refractivity contribution in [3.8, 4) is 22.8 Å². The highest BCUT2D eigenvalue weighted by Gasteiger charge is 2.14. The predicted octanol–water partition coefficient (Wildman–Crippen LogP) is 3.67. The van der Waals surface area contributed by atoms with E-state index in [0.29, 0.717) is 34.3 Å². The summed E-state index contributed by atoms with van der Waals surface area (Å²) in [5.41, 5.74) is 5.70. The molecule has 0 atom stereocenters. The van der Waals surface area contributed by atoms with Crippen LogP contribution in [0.1, 0.15) is 36.5 Å². The summed E-state index contributed by atoms with van der Waals surface area (Å²) < 4.78 is 29.5. The van der Waals surface area contributed by atoms with Gasteiger partial charge in [-0.2, -0.15) is 0 Å². The molecule has 2 aromatic carbocycles. The van der Waals surface area contributed by atoms with E-state index in [0.717, 1.165) is 0 Å². The van der Waals surface area contributed by atoms with Gasteiger partial charge in [-0.05, 0) is 56.3 Å². The number of hydrazine groups is 1. The number of oxazole rings is 1. The molecule has 1 aromatic heterocycles. The van der Waals surface area contributed by atoms with E-state index in [-0.39, 0.29) is 24.8 Å². The zero-order valence-electron chi connectivity index (χ0n) is 18.0. The van der Waals surface area contributed by atoms with Gasteiger partial charge < -0.3 is 13.9 Å². The zero-order valence-corrected chi connectivity index (χ0v) is 18.0. The second kappa shape index (κ2) is 10.4. The fraction of sp³-hybridized carbons (Fsp3) is 0.261. The standard InChI is InChI=1S/C23H24FN3O5/c1-14(2)31-18-9-6-16(12-19(18)30-3)23(29)27-26-21(28)10-11-22-25-13-20(32-22)15-4-7-17(24)8-5-15/h4-9,12-14H,10-11H2,1-3H3,(H,26,28)(H,27,29). The molecule has 9 heteroatoms. The quantitative estimate of drug-likeness (QED) is 0.517. The van der Waals surface area contributed by atoms with E-state index in [9.17, 15) is 14.0 Å². The summed E-state index contributed by atoms with van der Waals surface area (Å²) in [6, 6.07) is 10.6. The lowest BCUT2D eigenvalue weighted by molar-refractivity contribution is -0.121. The van der Waals surface area contributed by atoms with Gasteiger partial charge in [-0.3, -0.25) is 20.4 Å². The molecule has 0 bridgehead atoms. The van der Waals surface area contributed by atoms with E-state index in [1.54, 1.807) is 24.3 Å². The molecule has 0 saturated carbocycles. The average molecular weight is 441 g/mol. The van der Waals surface area contributed by atoms with Crippen molar-refractivity contribution >= 4 is 11.8 Å². The molecule has 0 radical (unpaired) electrons. The van der Waals surface area contributed by atoms with Gasteiger partial charge in [-0.1, -0.05) is 0 Å². The molecular formula is C23H24FN3O5. The van der Waals surface area contributed by atoms with Crippen LogP contribution < -0.4 is 20.3 Å². The third-order valence-corrected chi connectivity index (χ3v) is 4.35. The maximum atomic E-state index is 13.0. The number of nitrogens with one attached hydrogen (secondary N) is 2. The number of aromatic nitrogens is 1. The van der Waals surface area contributed by atoms with Gasteiger partial charge in [0.2, 0.25) is 5.91 Å². The number of nitrogens with zero attached hydrogens (tertiary/aromatic N) is 1. The number of halogens is 1. The second-order valence-corrected chi connectivity index (χ2v) is 7.16. The number of benzene rings is 2. The lowest BCUT2D eigenvalue weighted by atomic mass is 10.2. The van der Waals surface area contributed by atoms with E-state index in [4.69, 9.17) is 13.9 Å². The Labute approximate surface area is 184 Å². The molecule has 1 heterocycles. The molecule has 0 spiro atoms. The van der Waals surface area contributed by atoms with E-state index >= 15 is 0 Å². The molecule has 0 fully saturated rings. The van der Waals surface area contributed by atoms with Crippen molar-refractivity contribution < 1.29 is 27.9 Å². The van der Waals surface area contributed by atoms with Crippen LogP contribution in [-0.2, 0) is 11.2 Å². The van der Waals surface area contributed by atoms with Gasteiger partial charge in [0.25, 0.3) is 5.91 Å². The van der Waals surface area contributed by atoms with Crippen LogP contribution in [0.5, 0.6) is 11.5 Å². The monoisotopic (exact) mass is 441 g/mol. The number of ether oxygens (including phenoxy) is 2. The van der Waals surface area contributed by atoms with Gasteiger partial charge in [0.15, 0.2) is 23.1 Å². The minimum atomic E-state index is -0.498. The molecule has 0 aliphatic carbocycles. The summed E-state index contributed by atoms with van der Waals surface area (Å²) in [5, 5.41) is 0. The highest BCUT2D eigenvalue weighted by molar-refractivity contribution is 5.96. The number of aryl methyl sites for hydroxylation is 1. The molecule has 2 amide bonds. The van der Waals surface area contributed by atoms with Crippen LogP contribution in [0.25, 0.3) is 11.3 Å². The van der Waals surface area contributed by atoms with Gasteiger partial charge in [-0.15, -0.1) is 0 Å². The predicted molar refractivity (Wildman–Crippen MR) is 115 cm³/mol. The molecule has 0 unspecified atom stereocenters. The summed E-state index contributed by atoms with van der Waals surface area (Å²) in [4.78, 5) is 28.5. The number of methoxy groups -OCH3 is 1. The van der Waals surface area contributed by atoms with Crippen LogP contribution in [0.3, 0.4) is 0 Å². The van der Waals surface area contributed by atoms with Gasteiger partial charge in [0.1, 0.15) is 5.82 Å². The van der Waals surface area contributed by atoms with Crippen LogP contribution in [0, 0.1) is 5.82 Å². The Hall–Kier alpha value is -3.88. The normalized spacial score (nSPS) is 10.7. The van der Waals surface area contributed by atoms with Crippen LogP contribution in [0.2, 0.25) is 0 Å². The Morgan fingerprint density at radius 3 is 2.53 bits per heavy atom. The Morgan fingerprint density at radius 1 is 1.09 bits per heavy atom. The van der Waals surface area contributed by atoms with Gasteiger partial charge in [0.05, 0.1) is 19.4 Å². The molecule has 3 aromatic rings. The summed E-state index contributed by atoms with van der Waals surface area (Å²) in [5.74, 6) is 0.524. The molecular weight excluding hydrogens is 417 g/mol. The first-order valence-corrected chi connectivity index (χ1v) is 10.00. The van der Waals surface area contributed by atoms with Crippen molar-refractivity contribution in [3.05, 3.63) is 65.9 Å². The third-order valence-electron chi connectivity index (χ3n) is 4.35. The Kier molecular flexibility index (Phi) is 7.43. The molecule has 8 nitrogen and oxygen atoms in total.